The largest absolute Gasteiger partial charge is 0.213 e. The zero-order chi connectivity index (χ0) is 11.4. The zero-order valence-electron chi connectivity index (χ0n) is 9.95. The first-order valence-electron chi connectivity index (χ1n) is 5.40. The number of hydrogen-bond acceptors (Lipinski definition) is 2. The van der Waals surface area contributed by atoms with Gasteiger partial charge in [-0.15, -0.1) is 0 Å². The maximum Gasteiger partial charge on any atom is 0.211 e. The van der Waals surface area contributed by atoms with E-state index in [1.54, 1.807) is 4.31 Å². The highest BCUT2D eigenvalue weighted by atomic mass is 32.2. The van der Waals surface area contributed by atoms with Gasteiger partial charge in [-0.25, -0.2) is 12.7 Å². The molecule has 0 radical (unpaired) electrons. The van der Waals surface area contributed by atoms with Gasteiger partial charge >= 0.3 is 0 Å². The van der Waals surface area contributed by atoms with Crippen LogP contribution in [0.4, 0.5) is 0 Å². The van der Waals surface area contributed by atoms with Gasteiger partial charge in [0.25, 0.3) is 0 Å². The van der Waals surface area contributed by atoms with Crippen LogP contribution < -0.4 is 0 Å². The molecular formula is C10H23NO2S. The molecule has 1 heterocycles. The highest BCUT2D eigenvalue weighted by Crippen LogP contribution is 2.26. The highest BCUT2D eigenvalue weighted by Gasteiger charge is 2.32. The van der Waals surface area contributed by atoms with Crippen molar-refractivity contribution in [3.05, 3.63) is 0 Å². The Labute approximate surface area is 88.5 Å². The van der Waals surface area contributed by atoms with Gasteiger partial charge in [0.2, 0.25) is 10.0 Å². The molecule has 3 nitrogen and oxygen atoms in total. The average molecular weight is 221 g/mol. The third-order valence-electron chi connectivity index (χ3n) is 2.73. The molecule has 0 N–H and O–H groups in total. The second-order valence-corrected chi connectivity index (χ2v) is 5.71. The monoisotopic (exact) mass is 221 g/mol. The number of rotatable bonds is 2. The first-order valence-corrected chi connectivity index (χ1v) is 7.25. The summed E-state index contributed by atoms with van der Waals surface area (Å²) in [4.78, 5) is 0. The molecule has 0 aliphatic carbocycles. The van der Waals surface area contributed by atoms with Gasteiger partial charge in [-0.05, 0) is 11.8 Å². The molecule has 0 amide bonds. The van der Waals surface area contributed by atoms with Crippen LogP contribution in [0.1, 0.15) is 34.1 Å². The zero-order valence-corrected chi connectivity index (χ0v) is 10.8. The molecule has 2 unspecified atom stereocenters. The number of nitrogens with zero attached hydrogens (tertiary/aromatic N) is 1. The van der Waals surface area contributed by atoms with Crippen LogP contribution >= 0.6 is 0 Å². The molecule has 1 aliphatic rings. The summed E-state index contributed by atoms with van der Waals surface area (Å²) in [5.74, 6) is 1.07. The van der Waals surface area contributed by atoms with Crippen molar-refractivity contribution in [3.63, 3.8) is 0 Å². The molecule has 1 saturated heterocycles. The molecule has 0 aromatic carbocycles. The Bertz CT molecular complexity index is 249. The van der Waals surface area contributed by atoms with Gasteiger partial charge in [0.15, 0.2) is 0 Å². The molecule has 2 atom stereocenters. The normalized spacial score (nSPS) is 28.4. The van der Waals surface area contributed by atoms with E-state index >= 15 is 0 Å². The lowest BCUT2D eigenvalue weighted by molar-refractivity contribution is 0.436. The molecule has 86 valence electrons. The lowest BCUT2D eigenvalue weighted by atomic mass is 9.96. The van der Waals surface area contributed by atoms with Crippen molar-refractivity contribution in [1.82, 2.24) is 4.31 Å². The lowest BCUT2D eigenvalue weighted by Crippen LogP contribution is -2.27. The Morgan fingerprint density at radius 2 is 1.79 bits per heavy atom. The van der Waals surface area contributed by atoms with E-state index in [0.717, 1.165) is 13.0 Å². The van der Waals surface area contributed by atoms with Crippen LogP contribution in [-0.4, -0.2) is 32.1 Å². The topological polar surface area (TPSA) is 37.4 Å². The Morgan fingerprint density at radius 3 is 2.00 bits per heavy atom. The summed E-state index contributed by atoms with van der Waals surface area (Å²) in [5, 5.41) is 0. The van der Waals surface area contributed by atoms with E-state index in [1.807, 2.05) is 13.8 Å². The molecule has 0 saturated carbocycles. The van der Waals surface area contributed by atoms with Gasteiger partial charge in [0.1, 0.15) is 0 Å². The molecule has 0 aromatic heterocycles. The fourth-order valence-corrected chi connectivity index (χ4v) is 2.76. The first-order chi connectivity index (χ1) is 6.45. The third kappa shape index (κ3) is 3.58. The predicted molar refractivity (Wildman–Crippen MR) is 60.7 cm³/mol. The molecule has 14 heavy (non-hydrogen) atoms. The van der Waals surface area contributed by atoms with Crippen LogP contribution in [0, 0.1) is 11.8 Å². The maximum absolute atomic E-state index is 11.2. The summed E-state index contributed by atoms with van der Waals surface area (Å²) in [6.07, 6.45) is 2.37. The van der Waals surface area contributed by atoms with E-state index in [9.17, 15) is 8.42 Å². The van der Waals surface area contributed by atoms with E-state index in [-0.39, 0.29) is 0 Å². The summed E-state index contributed by atoms with van der Waals surface area (Å²) in [6, 6.07) is 0. The molecule has 1 fully saturated rings. The molecular weight excluding hydrogens is 198 g/mol. The lowest BCUT2D eigenvalue weighted by Gasteiger charge is -2.11. The van der Waals surface area contributed by atoms with Crippen LogP contribution in [0.25, 0.3) is 0 Å². The average Bonchev–Trinajstić information content (AvgIpc) is 2.49. The van der Waals surface area contributed by atoms with Crippen LogP contribution in [0.3, 0.4) is 0 Å². The molecule has 1 aliphatic heterocycles. The second kappa shape index (κ2) is 5.71. The number of sulfonamides is 1. The second-order valence-electron chi connectivity index (χ2n) is 3.73. The highest BCUT2D eigenvalue weighted by molar-refractivity contribution is 7.88. The van der Waals surface area contributed by atoms with Crippen molar-refractivity contribution in [1.29, 1.82) is 0 Å². The Balaban J connectivity index is 0.000000791. The Morgan fingerprint density at radius 1 is 1.29 bits per heavy atom. The summed E-state index contributed by atoms with van der Waals surface area (Å²) in [6.45, 7) is 9.67. The summed E-state index contributed by atoms with van der Waals surface area (Å²) >= 11 is 0. The third-order valence-corrected chi connectivity index (χ3v) is 3.96. The van der Waals surface area contributed by atoms with Gasteiger partial charge < -0.3 is 0 Å². The summed E-state index contributed by atoms with van der Waals surface area (Å²) in [5.41, 5.74) is 0. The standard InChI is InChI=1S/C8H17NO2S.C2H6/c1-4-8-6-9(5-7(8)2)12(3,10)11;1-2/h7-8H,4-6H2,1-3H3;1-2H3. The minimum absolute atomic E-state index is 0.518. The SMILES string of the molecule is CC.CCC1CN(S(C)(=O)=O)CC1C. The summed E-state index contributed by atoms with van der Waals surface area (Å²) in [7, 11) is -2.95. The first kappa shape index (κ1) is 13.9. The minimum Gasteiger partial charge on any atom is -0.213 e. The van der Waals surface area contributed by atoms with Gasteiger partial charge in [-0.2, -0.15) is 0 Å². The van der Waals surface area contributed by atoms with Crippen molar-refractivity contribution in [2.24, 2.45) is 11.8 Å². The molecule has 0 spiro atoms. The quantitative estimate of drug-likeness (QED) is 0.714. The molecule has 0 bridgehead atoms. The Kier molecular flexibility index (Phi) is 5.67. The fraction of sp³-hybridized carbons (Fsp3) is 1.00. The van der Waals surface area contributed by atoms with Crippen molar-refractivity contribution >= 4 is 10.0 Å². The van der Waals surface area contributed by atoms with E-state index in [0.29, 0.717) is 18.4 Å². The summed E-state index contributed by atoms with van der Waals surface area (Å²) < 4.78 is 23.9. The minimum atomic E-state index is -2.95. The van der Waals surface area contributed by atoms with Crippen LogP contribution in [0.5, 0.6) is 0 Å². The maximum atomic E-state index is 11.2. The van der Waals surface area contributed by atoms with Crippen molar-refractivity contribution < 1.29 is 8.42 Å². The van der Waals surface area contributed by atoms with Gasteiger partial charge in [-0.1, -0.05) is 34.1 Å². The van der Waals surface area contributed by atoms with Gasteiger partial charge in [0.05, 0.1) is 6.26 Å². The van der Waals surface area contributed by atoms with Crippen LogP contribution in [-0.2, 0) is 10.0 Å². The van der Waals surface area contributed by atoms with Gasteiger partial charge in [-0.3, -0.25) is 0 Å². The van der Waals surface area contributed by atoms with E-state index in [2.05, 4.69) is 13.8 Å². The van der Waals surface area contributed by atoms with Gasteiger partial charge in [0, 0.05) is 13.1 Å². The fourth-order valence-electron chi connectivity index (χ4n) is 1.79. The van der Waals surface area contributed by atoms with Crippen molar-refractivity contribution in [2.45, 2.75) is 34.1 Å². The number of hydrogen-bond donors (Lipinski definition) is 0. The van der Waals surface area contributed by atoms with E-state index < -0.39 is 10.0 Å². The van der Waals surface area contributed by atoms with Crippen LogP contribution in [0.2, 0.25) is 0 Å². The Hall–Kier alpha value is -0.0900. The molecule has 4 heteroatoms. The van der Waals surface area contributed by atoms with Crippen LogP contribution in [0.15, 0.2) is 0 Å². The van der Waals surface area contributed by atoms with Crippen molar-refractivity contribution in [3.8, 4) is 0 Å². The van der Waals surface area contributed by atoms with Crippen molar-refractivity contribution in [2.75, 3.05) is 19.3 Å². The van der Waals surface area contributed by atoms with E-state index in [1.165, 1.54) is 6.26 Å². The smallest absolute Gasteiger partial charge is 0.211 e. The predicted octanol–water partition coefficient (Wildman–Crippen LogP) is 1.95. The molecule has 0 aromatic rings. The molecule has 1 rings (SSSR count). The van der Waals surface area contributed by atoms with E-state index in [4.69, 9.17) is 0 Å².